The minimum Gasteiger partial charge on any atom is -0.399 e. The van der Waals surface area contributed by atoms with E-state index < -0.39 is 11.6 Å². The van der Waals surface area contributed by atoms with Crippen LogP contribution in [0.5, 0.6) is 0 Å². The van der Waals surface area contributed by atoms with Gasteiger partial charge in [0.25, 0.3) is 5.91 Å². The van der Waals surface area contributed by atoms with E-state index in [4.69, 9.17) is 5.73 Å². The molecule has 78 valence electrons. The molecule has 1 aromatic carbocycles. The Labute approximate surface area is 86.6 Å². The van der Waals surface area contributed by atoms with Gasteiger partial charge in [0.2, 0.25) is 0 Å². The summed E-state index contributed by atoms with van der Waals surface area (Å²) in [5, 5.41) is 4.76. The fourth-order valence-corrected chi connectivity index (χ4v) is 1.60. The highest BCUT2D eigenvalue weighted by Gasteiger charge is 2.43. The maximum absolute atomic E-state index is 11.6. The molecule has 1 fully saturated rings. The number of carbonyl (C=O) groups is 2. The summed E-state index contributed by atoms with van der Waals surface area (Å²) in [5.74, 6) is -0.363. The second kappa shape index (κ2) is 2.98. The maximum atomic E-state index is 11.6. The van der Waals surface area contributed by atoms with E-state index in [2.05, 4.69) is 10.6 Å². The monoisotopic (exact) mass is 205 g/mol. The standard InChI is InChI=1S/C10H11N3O2/c1-10(8(14)12-9(15)13-10)6-3-2-4-7(11)5-6/h2-5H,11H2,1H3,(H2,12,13,14,15). The zero-order chi connectivity index (χ0) is 11.1. The molecule has 5 nitrogen and oxygen atoms in total. The molecule has 0 aromatic heterocycles. The maximum Gasteiger partial charge on any atom is 0.322 e. The number of nitrogens with one attached hydrogen (secondary N) is 2. The number of rotatable bonds is 1. The van der Waals surface area contributed by atoms with Crippen molar-refractivity contribution in [2.75, 3.05) is 5.73 Å². The molecule has 0 spiro atoms. The molecule has 2 rings (SSSR count). The lowest BCUT2D eigenvalue weighted by Crippen LogP contribution is -2.40. The lowest BCUT2D eigenvalue weighted by Gasteiger charge is -2.21. The van der Waals surface area contributed by atoms with Crippen LogP contribution >= 0.6 is 0 Å². The van der Waals surface area contributed by atoms with Gasteiger partial charge < -0.3 is 11.1 Å². The molecule has 0 saturated carbocycles. The predicted molar refractivity (Wildman–Crippen MR) is 54.9 cm³/mol. The average Bonchev–Trinajstić information content (AvgIpc) is 2.42. The number of nitrogens with two attached hydrogens (primary N) is 1. The van der Waals surface area contributed by atoms with Crippen LogP contribution in [0.3, 0.4) is 0 Å². The highest BCUT2D eigenvalue weighted by molar-refractivity contribution is 6.07. The molecule has 1 heterocycles. The van der Waals surface area contributed by atoms with Gasteiger partial charge in [-0.05, 0) is 24.6 Å². The fourth-order valence-electron chi connectivity index (χ4n) is 1.60. The van der Waals surface area contributed by atoms with Crippen molar-refractivity contribution in [2.45, 2.75) is 12.5 Å². The van der Waals surface area contributed by atoms with Crippen LogP contribution in [0.25, 0.3) is 0 Å². The zero-order valence-corrected chi connectivity index (χ0v) is 8.20. The van der Waals surface area contributed by atoms with Crippen molar-refractivity contribution < 1.29 is 9.59 Å². The molecule has 0 bridgehead atoms. The van der Waals surface area contributed by atoms with Gasteiger partial charge in [0.15, 0.2) is 0 Å². The Morgan fingerprint density at radius 3 is 2.60 bits per heavy atom. The van der Waals surface area contributed by atoms with Crippen LogP contribution < -0.4 is 16.4 Å². The van der Waals surface area contributed by atoms with Gasteiger partial charge in [0.1, 0.15) is 5.54 Å². The summed E-state index contributed by atoms with van der Waals surface area (Å²) in [7, 11) is 0. The quantitative estimate of drug-likeness (QED) is 0.456. The first-order valence-electron chi connectivity index (χ1n) is 4.52. The number of hydrogen-bond donors (Lipinski definition) is 3. The third-order valence-electron chi connectivity index (χ3n) is 2.51. The zero-order valence-electron chi connectivity index (χ0n) is 8.20. The third kappa shape index (κ3) is 1.41. The predicted octanol–water partition coefficient (Wildman–Crippen LogP) is 0.323. The minimum atomic E-state index is -1.02. The van der Waals surface area contributed by atoms with Crippen LogP contribution in [0.4, 0.5) is 10.5 Å². The Kier molecular flexibility index (Phi) is 1.89. The smallest absolute Gasteiger partial charge is 0.322 e. The van der Waals surface area contributed by atoms with Gasteiger partial charge >= 0.3 is 6.03 Å². The van der Waals surface area contributed by atoms with Gasteiger partial charge in [-0.1, -0.05) is 12.1 Å². The van der Waals surface area contributed by atoms with Crippen LogP contribution in [0.15, 0.2) is 24.3 Å². The number of benzene rings is 1. The van der Waals surface area contributed by atoms with Crippen molar-refractivity contribution in [3.8, 4) is 0 Å². The molecule has 1 unspecified atom stereocenters. The topological polar surface area (TPSA) is 84.2 Å². The van der Waals surface area contributed by atoms with Gasteiger partial charge in [-0.3, -0.25) is 10.1 Å². The van der Waals surface area contributed by atoms with E-state index >= 15 is 0 Å². The number of anilines is 1. The minimum absolute atomic E-state index is 0.363. The third-order valence-corrected chi connectivity index (χ3v) is 2.51. The molecule has 1 saturated heterocycles. The SMILES string of the molecule is CC1(c2cccc(N)c2)NC(=O)NC1=O. The summed E-state index contributed by atoms with van der Waals surface area (Å²) in [6, 6.07) is 6.41. The largest absolute Gasteiger partial charge is 0.399 e. The average molecular weight is 205 g/mol. The Hall–Kier alpha value is -2.04. The van der Waals surface area contributed by atoms with Crippen LogP contribution in [-0.2, 0) is 10.3 Å². The molecule has 1 aromatic rings. The molecule has 1 aliphatic rings. The van der Waals surface area contributed by atoms with Crippen molar-refractivity contribution >= 4 is 17.6 Å². The number of carbonyl (C=O) groups excluding carboxylic acids is 2. The summed E-state index contributed by atoms with van der Waals surface area (Å²) in [6.07, 6.45) is 0. The van der Waals surface area contributed by atoms with Crippen molar-refractivity contribution in [1.82, 2.24) is 10.6 Å². The van der Waals surface area contributed by atoms with Crippen LogP contribution in [-0.4, -0.2) is 11.9 Å². The Bertz CT molecular complexity index is 444. The highest BCUT2D eigenvalue weighted by Crippen LogP contribution is 2.25. The first kappa shape index (κ1) is 9.51. The van der Waals surface area contributed by atoms with Crippen molar-refractivity contribution in [2.24, 2.45) is 0 Å². The highest BCUT2D eigenvalue weighted by atomic mass is 16.2. The van der Waals surface area contributed by atoms with E-state index in [0.29, 0.717) is 11.3 Å². The van der Waals surface area contributed by atoms with Gasteiger partial charge in [-0.2, -0.15) is 0 Å². The van der Waals surface area contributed by atoms with Crippen LogP contribution in [0.1, 0.15) is 12.5 Å². The number of nitrogen functional groups attached to an aromatic ring is 1. The molecular formula is C10H11N3O2. The molecule has 3 amide bonds. The molecule has 15 heavy (non-hydrogen) atoms. The first-order valence-corrected chi connectivity index (χ1v) is 4.52. The van der Waals surface area contributed by atoms with E-state index in [0.717, 1.165) is 0 Å². The molecule has 5 heteroatoms. The number of imide groups is 1. The Morgan fingerprint density at radius 2 is 2.07 bits per heavy atom. The van der Waals surface area contributed by atoms with E-state index in [-0.39, 0.29) is 5.91 Å². The second-order valence-electron chi connectivity index (χ2n) is 3.66. The molecule has 0 aliphatic carbocycles. The van der Waals surface area contributed by atoms with Crippen molar-refractivity contribution in [1.29, 1.82) is 0 Å². The summed E-state index contributed by atoms with van der Waals surface area (Å²) >= 11 is 0. The Morgan fingerprint density at radius 1 is 1.33 bits per heavy atom. The lowest BCUT2D eigenvalue weighted by atomic mass is 9.92. The Balaban J connectivity index is 2.46. The summed E-state index contributed by atoms with van der Waals surface area (Å²) in [6.45, 7) is 1.64. The number of hydrogen-bond acceptors (Lipinski definition) is 3. The van der Waals surface area contributed by atoms with E-state index in [1.807, 2.05) is 0 Å². The van der Waals surface area contributed by atoms with E-state index in [9.17, 15) is 9.59 Å². The molecule has 0 radical (unpaired) electrons. The number of amides is 3. The molecule has 4 N–H and O–H groups in total. The van der Waals surface area contributed by atoms with Crippen molar-refractivity contribution in [3.63, 3.8) is 0 Å². The van der Waals surface area contributed by atoms with Gasteiger partial charge in [-0.25, -0.2) is 4.79 Å². The number of urea groups is 1. The van der Waals surface area contributed by atoms with Crippen LogP contribution in [0, 0.1) is 0 Å². The van der Waals surface area contributed by atoms with Gasteiger partial charge in [0.05, 0.1) is 0 Å². The van der Waals surface area contributed by atoms with Crippen LogP contribution in [0.2, 0.25) is 0 Å². The molecule has 1 aliphatic heterocycles. The van der Waals surface area contributed by atoms with Gasteiger partial charge in [0, 0.05) is 5.69 Å². The summed E-state index contributed by atoms with van der Waals surface area (Å²) in [4.78, 5) is 22.6. The van der Waals surface area contributed by atoms with Crippen molar-refractivity contribution in [3.05, 3.63) is 29.8 Å². The van der Waals surface area contributed by atoms with E-state index in [1.165, 1.54) is 0 Å². The summed E-state index contributed by atoms with van der Waals surface area (Å²) < 4.78 is 0. The molecule has 1 atom stereocenters. The normalized spacial score (nSPS) is 24.9. The van der Waals surface area contributed by atoms with Gasteiger partial charge in [-0.15, -0.1) is 0 Å². The molecular weight excluding hydrogens is 194 g/mol. The summed E-state index contributed by atoms with van der Waals surface area (Å²) in [5.41, 5.74) is 5.83. The first-order chi connectivity index (χ1) is 7.02. The van der Waals surface area contributed by atoms with E-state index in [1.54, 1.807) is 31.2 Å². The second-order valence-corrected chi connectivity index (χ2v) is 3.66. The fraction of sp³-hybridized carbons (Fsp3) is 0.200. The lowest BCUT2D eigenvalue weighted by molar-refractivity contribution is -0.123.